The van der Waals surface area contributed by atoms with Crippen LogP contribution in [0, 0.1) is 11.8 Å². The second-order valence-electron chi connectivity index (χ2n) is 6.27. The molecule has 7 nitrogen and oxygen atoms in total. The molecule has 3 amide bonds. The number of nitrogens with zero attached hydrogens (tertiary/aromatic N) is 1. The van der Waals surface area contributed by atoms with Crippen LogP contribution in [-0.4, -0.2) is 41.0 Å². The number of amides is 3. The summed E-state index contributed by atoms with van der Waals surface area (Å²) in [6.07, 6.45) is 0.493. The number of carboxylic acids is 1. The second kappa shape index (κ2) is 7.81. The molecule has 0 spiro atoms. The Morgan fingerprint density at radius 3 is 2.46 bits per heavy atom. The quantitative estimate of drug-likeness (QED) is 0.766. The molecule has 1 aliphatic rings. The van der Waals surface area contributed by atoms with Crippen molar-refractivity contribution in [2.75, 3.05) is 18.4 Å². The summed E-state index contributed by atoms with van der Waals surface area (Å²) in [5.74, 6) is -1.46. The zero-order valence-electron chi connectivity index (χ0n) is 13.9. The number of carboxylic acid groups (broad SMARTS) is 1. The van der Waals surface area contributed by atoms with Crippen molar-refractivity contribution < 1.29 is 19.5 Å². The van der Waals surface area contributed by atoms with E-state index in [1.807, 2.05) is 26.0 Å². The van der Waals surface area contributed by atoms with E-state index in [0.29, 0.717) is 25.2 Å². The first-order valence-electron chi connectivity index (χ1n) is 8.02. The molecule has 1 saturated heterocycles. The first-order valence-corrected chi connectivity index (χ1v) is 8.02. The van der Waals surface area contributed by atoms with Gasteiger partial charge in [0.05, 0.1) is 5.92 Å². The summed E-state index contributed by atoms with van der Waals surface area (Å²) in [6, 6.07) is 6.99. The molecule has 1 atom stereocenters. The van der Waals surface area contributed by atoms with E-state index in [2.05, 4.69) is 10.6 Å². The van der Waals surface area contributed by atoms with Gasteiger partial charge in [0.2, 0.25) is 5.91 Å². The van der Waals surface area contributed by atoms with E-state index < -0.39 is 11.9 Å². The Hall–Kier alpha value is -2.57. The van der Waals surface area contributed by atoms with Gasteiger partial charge in [-0.2, -0.15) is 0 Å². The minimum Gasteiger partial charge on any atom is -0.481 e. The fourth-order valence-electron chi connectivity index (χ4n) is 2.43. The monoisotopic (exact) mass is 333 g/mol. The number of likely N-dealkylation sites (tertiary alicyclic amines) is 1. The molecule has 1 aromatic carbocycles. The Balaban J connectivity index is 1.81. The smallest absolute Gasteiger partial charge is 0.317 e. The Morgan fingerprint density at radius 1 is 1.25 bits per heavy atom. The third kappa shape index (κ3) is 4.71. The normalized spacial score (nSPS) is 17.0. The number of rotatable bonds is 5. The van der Waals surface area contributed by atoms with Gasteiger partial charge in [-0.3, -0.25) is 9.59 Å². The van der Waals surface area contributed by atoms with Crippen molar-refractivity contribution in [1.82, 2.24) is 10.2 Å². The molecule has 0 aliphatic carbocycles. The predicted molar refractivity (Wildman–Crippen MR) is 89.5 cm³/mol. The van der Waals surface area contributed by atoms with Crippen molar-refractivity contribution in [3.8, 4) is 0 Å². The van der Waals surface area contributed by atoms with E-state index >= 15 is 0 Å². The van der Waals surface area contributed by atoms with Crippen LogP contribution in [-0.2, 0) is 16.1 Å². The summed E-state index contributed by atoms with van der Waals surface area (Å²) in [6.45, 7) is 4.72. The minimum absolute atomic E-state index is 0.0435. The van der Waals surface area contributed by atoms with Crippen molar-refractivity contribution in [2.24, 2.45) is 11.8 Å². The van der Waals surface area contributed by atoms with Crippen LogP contribution < -0.4 is 10.6 Å². The molecule has 7 heteroatoms. The lowest BCUT2D eigenvalue weighted by Gasteiger charge is -2.17. The summed E-state index contributed by atoms with van der Waals surface area (Å²) in [5, 5.41) is 14.5. The van der Waals surface area contributed by atoms with Gasteiger partial charge in [0, 0.05) is 31.2 Å². The molecule has 1 aliphatic heterocycles. The number of hydrogen-bond donors (Lipinski definition) is 3. The third-order valence-corrected chi connectivity index (χ3v) is 4.01. The van der Waals surface area contributed by atoms with Gasteiger partial charge in [-0.15, -0.1) is 0 Å². The largest absolute Gasteiger partial charge is 0.481 e. The Kier molecular flexibility index (Phi) is 5.78. The molecule has 1 fully saturated rings. The van der Waals surface area contributed by atoms with Crippen LogP contribution >= 0.6 is 0 Å². The molecule has 1 aromatic rings. The van der Waals surface area contributed by atoms with E-state index in [9.17, 15) is 14.4 Å². The molecule has 0 saturated carbocycles. The number of urea groups is 1. The average molecular weight is 333 g/mol. The summed E-state index contributed by atoms with van der Waals surface area (Å²) in [4.78, 5) is 36.1. The van der Waals surface area contributed by atoms with Crippen LogP contribution in [0.3, 0.4) is 0 Å². The molecule has 0 bridgehead atoms. The number of hydrogen-bond acceptors (Lipinski definition) is 3. The van der Waals surface area contributed by atoms with Gasteiger partial charge < -0.3 is 20.6 Å². The molecule has 3 N–H and O–H groups in total. The SMILES string of the molecule is CC(C)C(=O)Nc1ccc(CNC(=O)N2CCC(C(=O)O)C2)cc1. The van der Waals surface area contributed by atoms with E-state index in [4.69, 9.17) is 5.11 Å². The number of carbonyl (C=O) groups excluding carboxylic acids is 2. The minimum atomic E-state index is -0.857. The van der Waals surface area contributed by atoms with Crippen LogP contribution in [0.15, 0.2) is 24.3 Å². The molecule has 130 valence electrons. The highest BCUT2D eigenvalue weighted by molar-refractivity contribution is 5.92. The number of anilines is 1. The van der Waals surface area contributed by atoms with Crippen LogP contribution in [0.5, 0.6) is 0 Å². The highest BCUT2D eigenvalue weighted by atomic mass is 16.4. The zero-order chi connectivity index (χ0) is 17.7. The molecule has 0 aromatic heterocycles. The number of aliphatic carboxylic acids is 1. The molecular formula is C17H23N3O4. The van der Waals surface area contributed by atoms with Crippen molar-refractivity contribution >= 4 is 23.6 Å². The first-order chi connectivity index (χ1) is 11.4. The maximum Gasteiger partial charge on any atom is 0.317 e. The fraction of sp³-hybridized carbons (Fsp3) is 0.471. The average Bonchev–Trinajstić information content (AvgIpc) is 3.04. The standard InChI is InChI=1S/C17H23N3O4/c1-11(2)15(21)19-14-5-3-12(4-6-14)9-18-17(24)20-8-7-13(10-20)16(22)23/h3-6,11,13H,7-10H2,1-2H3,(H,18,24)(H,19,21)(H,22,23). The second-order valence-corrected chi connectivity index (χ2v) is 6.27. The van der Waals surface area contributed by atoms with Crippen molar-refractivity contribution in [1.29, 1.82) is 0 Å². The van der Waals surface area contributed by atoms with E-state index in [1.54, 1.807) is 12.1 Å². The topological polar surface area (TPSA) is 98.7 Å². The van der Waals surface area contributed by atoms with E-state index in [-0.39, 0.29) is 24.4 Å². The Bertz CT molecular complexity index is 613. The van der Waals surface area contributed by atoms with Gasteiger partial charge in [0.25, 0.3) is 0 Å². The lowest BCUT2D eigenvalue weighted by molar-refractivity contribution is -0.141. The summed E-state index contributed by atoms with van der Waals surface area (Å²) in [5.41, 5.74) is 1.62. The van der Waals surface area contributed by atoms with Gasteiger partial charge in [0.15, 0.2) is 0 Å². The number of nitrogens with one attached hydrogen (secondary N) is 2. The van der Waals surface area contributed by atoms with E-state index in [0.717, 1.165) is 5.56 Å². The van der Waals surface area contributed by atoms with Crippen LogP contribution in [0.25, 0.3) is 0 Å². The van der Waals surface area contributed by atoms with Gasteiger partial charge in [-0.1, -0.05) is 26.0 Å². The molecule has 24 heavy (non-hydrogen) atoms. The van der Waals surface area contributed by atoms with Gasteiger partial charge >= 0.3 is 12.0 Å². The maximum absolute atomic E-state index is 12.0. The Labute approximate surface area is 141 Å². The molecular weight excluding hydrogens is 310 g/mol. The van der Waals surface area contributed by atoms with Crippen molar-refractivity contribution in [3.05, 3.63) is 29.8 Å². The molecule has 0 radical (unpaired) electrons. The van der Waals surface area contributed by atoms with E-state index in [1.165, 1.54) is 4.90 Å². The summed E-state index contributed by atoms with van der Waals surface area (Å²) < 4.78 is 0. The molecule has 1 heterocycles. The third-order valence-electron chi connectivity index (χ3n) is 4.01. The number of carbonyl (C=O) groups is 3. The summed E-state index contributed by atoms with van der Waals surface area (Å²) in [7, 11) is 0. The van der Waals surface area contributed by atoms with Crippen molar-refractivity contribution in [3.63, 3.8) is 0 Å². The highest BCUT2D eigenvalue weighted by Crippen LogP contribution is 2.16. The molecule has 2 rings (SSSR count). The molecule has 1 unspecified atom stereocenters. The Morgan fingerprint density at radius 2 is 1.92 bits per heavy atom. The summed E-state index contributed by atoms with van der Waals surface area (Å²) >= 11 is 0. The van der Waals surface area contributed by atoms with Gasteiger partial charge in [-0.05, 0) is 24.1 Å². The van der Waals surface area contributed by atoms with Gasteiger partial charge in [-0.25, -0.2) is 4.79 Å². The van der Waals surface area contributed by atoms with Crippen LogP contribution in [0.4, 0.5) is 10.5 Å². The van der Waals surface area contributed by atoms with Crippen LogP contribution in [0.1, 0.15) is 25.8 Å². The lowest BCUT2D eigenvalue weighted by Crippen LogP contribution is -2.38. The zero-order valence-corrected chi connectivity index (χ0v) is 13.9. The lowest BCUT2D eigenvalue weighted by atomic mass is 10.1. The van der Waals surface area contributed by atoms with Crippen LogP contribution in [0.2, 0.25) is 0 Å². The predicted octanol–water partition coefficient (Wildman–Crippen LogP) is 1.90. The first kappa shape index (κ1) is 17.8. The van der Waals surface area contributed by atoms with Gasteiger partial charge in [0.1, 0.15) is 0 Å². The fourth-order valence-corrected chi connectivity index (χ4v) is 2.43. The highest BCUT2D eigenvalue weighted by Gasteiger charge is 2.30. The maximum atomic E-state index is 12.0. The number of benzene rings is 1. The van der Waals surface area contributed by atoms with Crippen molar-refractivity contribution in [2.45, 2.75) is 26.8 Å².